The first-order valence-corrected chi connectivity index (χ1v) is 11.4. The molecule has 31 heavy (non-hydrogen) atoms. The van der Waals surface area contributed by atoms with Crippen LogP contribution in [0.4, 0.5) is 0 Å². The van der Waals surface area contributed by atoms with Crippen molar-refractivity contribution in [2.75, 3.05) is 26.3 Å². The van der Waals surface area contributed by atoms with Gasteiger partial charge >= 0.3 is 0 Å². The van der Waals surface area contributed by atoms with E-state index in [-0.39, 0.29) is 10.8 Å². The first-order chi connectivity index (χ1) is 14.9. The van der Waals surface area contributed by atoms with Crippen LogP contribution in [0.15, 0.2) is 65.8 Å². The number of benzene rings is 2. The van der Waals surface area contributed by atoms with Gasteiger partial charge in [0.05, 0.1) is 18.1 Å². The Balaban J connectivity index is 1.37. The van der Waals surface area contributed by atoms with Gasteiger partial charge in [-0.25, -0.2) is 13.4 Å². The lowest BCUT2D eigenvalue weighted by atomic mass is 10.2. The quantitative estimate of drug-likeness (QED) is 0.634. The zero-order chi connectivity index (χ0) is 21.8. The Hall–Kier alpha value is -3.01. The summed E-state index contributed by atoms with van der Waals surface area (Å²) in [6, 6.07) is 13.9. The second-order valence-corrected chi connectivity index (χ2v) is 9.17. The van der Waals surface area contributed by atoms with E-state index in [9.17, 15) is 13.2 Å². The molecule has 9 heteroatoms. The summed E-state index contributed by atoms with van der Waals surface area (Å²) in [5.41, 5.74) is 2.37. The van der Waals surface area contributed by atoms with Gasteiger partial charge in [0.1, 0.15) is 5.82 Å². The molecule has 4 rings (SSSR count). The molecular weight excluding hydrogens is 416 g/mol. The van der Waals surface area contributed by atoms with Crippen molar-refractivity contribution in [2.24, 2.45) is 0 Å². The maximum atomic E-state index is 12.7. The summed E-state index contributed by atoms with van der Waals surface area (Å²) in [6.45, 7) is 3.76. The van der Waals surface area contributed by atoms with Gasteiger partial charge in [-0.1, -0.05) is 12.1 Å². The van der Waals surface area contributed by atoms with Crippen LogP contribution in [0.5, 0.6) is 0 Å². The molecule has 1 aromatic heterocycles. The highest BCUT2D eigenvalue weighted by molar-refractivity contribution is 7.89. The van der Waals surface area contributed by atoms with E-state index >= 15 is 0 Å². The van der Waals surface area contributed by atoms with Gasteiger partial charge in [-0.15, -0.1) is 0 Å². The van der Waals surface area contributed by atoms with Gasteiger partial charge in [0, 0.05) is 43.3 Å². The highest BCUT2D eigenvalue weighted by atomic mass is 32.2. The molecule has 162 valence electrons. The number of rotatable bonds is 6. The van der Waals surface area contributed by atoms with Crippen LogP contribution >= 0.6 is 0 Å². The van der Waals surface area contributed by atoms with Crippen molar-refractivity contribution in [3.8, 4) is 5.69 Å². The van der Waals surface area contributed by atoms with Crippen molar-refractivity contribution in [3.63, 3.8) is 0 Å². The second-order valence-electron chi connectivity index (χ2n) is 7.23. The third kappa shape index (κ3) is 4.68. The fourth-order valence-electron chi connectivity index (χ4n) is 3.42. The van der Waals surface area contributed by atoms with Gasteiger partial charge in [0.2, 0.25) is 10.0 Å². The SMILES string of the molecule is Cc1nccn1-c1ccc(CNC(=O)c2ccc(S(=O)(=O)N3CCOCC3)cc2)cc1. The fourth-order valence-corrected chi connectivity index (χ4v) is 4.83. The van der Waals surface area contributed by atoms with E-state index in [1.807, 2.05) is 42.0 Å². The number of hydrogen-bond acceptors (Lipinski definition) is 5. The summed E-state index contributed by atoms with van der Waals surface area (Å²) in [7, 11) is -3.57. The first-order valence-electron chi connectivity index (χ1n) is 10.0. The number of imidazole rings is 1. The van der Waals surface area contributed by atoms with Crippen molar-refractivity contribution in [1.82, 2.24) is 19.2 Å². The smallest absolute Gasteiger partial charge is 0.251 e. The van der Waals surface area contributed by atoms with Crippen LogP contribution in [-0.2, 0) is 21.3 Å². The Morgan fingerprint density at radius 2 is 1.74 bits per heavy atom. The Labute approximate surface area is 181 Å². The number of nitrogens with one attached hydrogen (secondary N) is 1. The molecule has 3 aromatic rings. The summed E-state index contributed by atoms with van der Waals surface area (Å²) in [5, 5.41) is 2.87. The lowest BCUT2D eigenvalue weighted by molar-refractivity contribution is 0.0730. The number of hydrogen-bond donors (Lipinski definition) is 1. The second kappa shape index (κ2) is 9.01. The lowest BCUT2D eigenvalue weighted by Crippen LogP contribution is -2.40. The van der Waals surface area contributed by atoms with E-state index in [0.29, 0.717) is 38.4 Å². The van der Waals surface area contributed by atoms with E-state index in [0.717, 1.165) is 17.1 Å². The normalized spacial score (nSPS) is 15.0. The third-order valence-corrected chi connectivity index (χ3v) is 7.13. The molecule has 8 nitrogen and oxygen atoms in total. The maximum absolute atomic E-state index is 12.7. The molecule has 1 saturated heterocycles. The Morgan fingerprint density at radius 1 is 1.06 bits per heavy atom. The van der Waals surface area contributed by atoms with Gasteiger partial charge in [-0.2, -0.15) is 4.31 Å². The van der Waals surface area contributed by atoms with Crippen molar-refractivity contribution in [3.05, 3.63) is 77.9 Å². The molecule has 1 N–H and O–H groups in total. The van der Waals surface area contributed by atoms with Crippen LogP contribution in [0.25, 0.3) is 5.69 Å². The molecule has 0 aliphatic carbocycles. The Morgan fingerprint density at radius 3 is 2.35 bits per heavy atom. The van der Waals surface area contributed by atoms with E-state index in [1.165, 1.54) is 28.6 Å². The van der Waals surface area contributed by atoms with Crippen molar-refractivity contribution < 1.29 is 17.9 Å². The number of carbonyl (C=O) groups is 1. The number of sulfonamides is 1. The van der Waals surface area contributed by atoms with Gasteiger partial charge in [0.25, 0.3) is 5.91 Å². The molecular formula is C22H24N4O4S. The van der Waals surface area contributed by atoms with E-state index in [1.54, 1.807) is 6.20 Å². The molecule has 2 heterocycles. The minimum absolute atomic E-state index is 0.177. The Bertz CT molecular complexity index is 1150. The molecule has 1 aliphatic heterocycles. The zero-order valence-corrected chi connectivity index (χ0v) is 18.0. The molecule has 0 bridgehead atoms. The predicted molar refractivity (Wildman–Crippen MR) is 115 cm³/mol. The minimum Gasteiger partial charge on any atom is -0.379 e. The molecule has 0 atom stereocenters. The van der Waals surface area contributed by atoms with Crippen molar-refractivity contribution in [2.45, 2.75) is 18.4 Å². The predicted octanol–water partition coefficient (Wildman–Crippen LogP) is 2.13. The van der Waals surface area contributed by atoms with Gasteiger partial charge < -0.3 is 14.6 Å². The van der Waals surface area contributed by atoms with Crippen molar-refractivity contribution >= 4 is 15.9 Å². The monoisotopic (exact) mass is 440 g/mol. The van der Waals surface area contributed by atoms with Crippen LogP contribution in [0, 0.1) is 6.92 Å². The van der Waals surface area contributed by atoms with Crippen molar-refractivity contribution in [1.29, 1.82) is 0 Å². The topological polar surface area (TPSA) is 93.5 Å². The zero-order valence-electron chi connectivity index (χ0n) is 17.2. The molecule has 0 unspecified atom stereocenters. The first kappa shape index (κ1) is 21.2. The summed E-state index contributed by atoms with van der Waals surface area (Å²) >= 11 is 0. The lowest BCUT2D eigenvalue weighted by Gasteiger charge is -2.26. The number of amides is 1. The number of aromatic nitrogens is 2. The minimum atomic E-state index is -3.57. The molecule has 2 aromatic carbocycles. The summed E-state index contributed by atoms with van der Waals surface area (Å²) < 4.78 is 34.0. The summed E-state index contributed by atoms with van der Waals surface area (Å²) in [4.78, 5) is 16.9. The molecule has 0 radical (unpaired) electrons. The van der Waals surface area contributed by atoms with E-state index in [4.69, 9.17) is 4.74 Å². The van der Waals surface area contributed by atoms with E-state index in [2.05, 4.69) is 10.3 Å². The maximum Gasteiger partial charge on any atom is 0.251 e. The molecule has 1 fully saturated rings. The third-order valence-electron chi connectivity index (χ3n) is 5.22. The van der Waals surface area contributed by atoms with Crippen LogP contribution in [-0.4, -0.2) is 54.5 Å². The van der Waals surface area contributed by atoms with Gasteiger partial charge in [-0.3, -0.25) is 4.79 Å². The number of ether oxygens (including phenoxy) is 1. The van der Waals surface area contributed by atoms with E-state index < -0.39 is 10.0 Å². The molecule has 1 amide bonds. The number of morpholine rings is 1. The van der Waals surface area contributed by atoms with Gasteiger partial charge in [0.15, 0.2) is 0 Å². The highest BCUT2D eigenvalue weighted by Gasteiger charge is 2.26. The average Bonchev–Trinajstić information content (AvgIpc) is 3.24. The van der Waals surface area contributed by atoms with Crippen LogP contribution in [0.2, 0.25) is 0 Å². The fraction of sp³-hybridized carbons (Fsp3) is 0.273. The Kier molecular flexibility index (Phi) is 6.17. The number of nitrogens with zero attached hydrogens (tertiary/aromatic N) is 3. The molecule has 0 spiro atoms. The van der Waals surface area contributed by atoms with Gasteiger partial charge in [-0.05, 0) is 48.9 Å². The summed E-state index contributed by atoms with van der Waals surface area (Å²) in [5.74, 6) is 0.644. The summed E-state index contributed by atoms with van der Waals surface area (Å²) in [6.07, 6.45) is 3.65. The molecule has 1 aliphatic rings. The van der Waals surface area contributed by atoms with Crippen LogP contribution in [0.1, 0.15) is 21.7 Å². The molecule has 0 saturated carbocycles. The highest BCUT2D eigenvalue weighted by Crippen LogP contribution is 2.18. The number of carbonyl (C=O) groups excluding carboxylic acids is 1. The van der Waals surface area contributed by atoms with Crippen LogP contribution in [0.3, 0.4) is 0 Å². The average molecular weight is 441 g/mol. The largest absolute Gasteiger partial charge is 0.379 e. The number of aryl methyl sites for hydroxylation is 1. The standard InChI is InChI=1S/C22H24N4O4S/c1-17-23-10-11-26(17)20-6-2-18(3-7-20)16-24-22(27)19-4-8-21(9-5-19)31(28,29)25-12-14-30-15-13-25/h2-11H,12-16H2,1H3,(H,24,27). The van der Waals surface area contributed by atoms with Crippen LogP contribution < -0.4 is 5.32 Å².